The summed E-state index contributed by atoms with van der Waals surface area (Å²) in [5.41, 5.74) is 3.66. The molecule has 2 rings (SSSR count). The Labute approximate surface area is 102 Å². The minimum atomic E-state index is -0.161. The zero-order chi connectivity index (χ0) is 12.3. The summed E-state index contributed by atoms with van der Waals surface area (Å²) >= 11 is 0. The number of ether oxygens (including phenoxy) is 1. The Morgan fingerprint density at radius 1 is 1.53 bits per heavy atom. The van der Waals surface area contributed by atoms with Crippen molar-refractivity contribution < 1.29 is 9.53 Å². The maximum absolute atomic E-state index is 11.6. The van der Waals surface area contributed by atoms with Gasteiger partial charge >= 0.3 is 5.97 Å². The number of carbonyl (C=O) groups excluding carboxylic acids is 1. The topological polar surface area (TPSA) is 31.2 Å². The molecule has 0 N–H and O–H groups in total. The van der Waals surface area contributed by atoms with Crippen molar-refractivity contribution in [1.29, 1.82) is 0 Å². The van der Waals surface area contributed by atoms with Gasteiger partial charge in [-0.3, -0.25) is 4.79 Å². The number of allylic oxidation sites excluding steroid dienone is 1. The second kappa shape index (κ2) is 5.21. The third kappa shape index (κ3) is 2.60. The SMILES string of the molecule is CCOC(=O)Cn1c(C)cc2c1C=CCCC2. The van der Waals surface area contributed by atoms with Gasteiger partial charge in [0.05, 0.1) is 6.61 Å². The number of nitrogens with zero attached hydrogens (tertiary/aromatic N) is 1. The van der Waals surface area contributed by atoms with E-state index in [-0.39, 0.29) is 5.97 Å². The number of carbonyl (C=O) groups is 1. The predicted octanol–water partition coefficient (Wildman–Crippen LogP) is 2.71. The number of aryl methyl sites for hydroxylation is 2. The molecular weight excluding hydrogens is 214 g/mol. The third-order valence-electron chi connectivity index (χ3n) is 3.11. The molecule has 3 heteroatoms. The minimum Gasteiger partial charge on any atom is -0.465 e. The highest BCUT2D eigenvalue weighted by Gasteiger charge is 2.14. The Balaban J connectivity index is 2.27. The van der Waals surface area contributed by atoms with E-state index in [1.807, 2.05) is 13.8 Å². The molecule has 92 valence electrons. The predicted molar refractivity (Wildman–Crippen MR) is 67.8 cm³/mol. The number of hydrogen-bond donors (Lipinski definition) is 0. The van der Waals surface area contributed by atoms with Crippen LogP contribution in [0.2, 0.25) is 0 Å². The summed E-state index contributed by atoms with van der Waals surface area (Å²) in [5, 5.41) is 0. The normalized spacial score (nSPS) is 14.2. The van der Waals surface area contributed by atoms with Gasteiger partial charge in [-0.05, 0) is 50.8 Å². The molecule has 1 heterocycles. The summed E-state index contributed by atoms with van der Waals surface area (Å²) < 4.78 is 7.06. The molecule has 1 aromatic rings. The van der Waals surface area contributed by atoms with Crippen LogP contribution in [0.5, 0.6) is 0 Å². The van der Waals surface area contributed by atoms with Crippen molar-refractivity contribution in [2.45, 2.75) is 39.7 Å². The van der Waals surface area contributed by atoms with Crippen molar-refractivity contribution in [3.05, 3.63) is 29.1 Å². The van der Waals surface area contributed by atoms with Gasteiger partial charge in [0.25, 0.3) is 0 Å². The van der Waals surface area contributed by atoms with Crippen molar-refractivity contribution in [3.63, 3.8) is 0 Å². The zero-order valence-electron chi connectivity index (χ0n) is 10.5. The largest absolute Gasteiger partial charge is 0.465 e. The van der Waals surface area contributed by atoms with Crippen LogP contribution in [-0.2, 0) is 22.5 Å². The lowest BCUT2D eigenvalue weighted by molar-refractivity contribution is -0.143. The molecule has 0 fully saturated rings. The summed E-state index contributed by atoms with van der Waals surface area (Å²) in [7, 11) is 0. The minimum absolute atomic E-state index is 0.161. The van der Waals surface area contributed by atoms with E-state index in [2.05, 4.69) is 22.8 Å². The van der Waals surface area contributed by atoms with Gasteiger partial charge in [-0.1, -0.05) is 6.08 Å². The Morgan fingerprint density at radius 2 is 2.35 bits per heavy atom. The molecule has 17 heavy (non-hydrogen) atoms. The summed E-state index contributed by atoms with van der Waals surface area (Å²) in [4.78, 5) is 11.6. The monoisotopic (exact) mass is 233 g/mol. The third-order valence-corrected chi connectivity index (χ3v) is 3.11. The Hall–Kier alpha value is -1.51. The Morgan fingerprint density at radius 3 is 3.12 bits per heavy atom. The van der Waals surface area contributed by atoms with Gasteiger partial charge in [0.15, 0.2) is 0 Å². The van der Waals surface area contributed by atoms with Gasteiger partial charge in [0.1, 0.15) is 6.54 Å². The lowest BCUT2D eigenvalue weighted by Crippen LogP contribution is -2.15. The second-order valence-corrected chi connectivity index (χ2v) is 4.38. The van der Waals surface area contributed by atoms with Crippen LogP contribution in [0, 0.1) is 6.92 Å². The fourth-order valence-electron chi connectivity index (χ4n) is 2.32. The van der Waals surface area contributed by atoms with Gasteiger partial charge in [-0.15, -0.1) is 0 Å². The lowest BCUT2D eigenvalue weighted by atomic mass is 10.1. The van der Waals surface area contributed by atoms with Gasteiger partial charge in [-0.25, -0.2) is 0 Å². The summed E-state index contributed by atoms with van der Waals surface area (Å²) in [6, 6.07) is 2.18. The van der Waals surface area contributed by atoms with Crippen LogP contribution in [0.1, 0.15) is 36.7 Å². The molecule has 0 saturated heterocycles. The van der Waals surface area contributed by atoms with Crippen molar-refractivity contribution in [3.8, 4) is 0 Å². The molecule has 0 saturated carbocycles. The number of esters is 1. The van der Waals surface area contributed by atoms with Crippen molar-refractivity contribution in [2.75, 3.05) is 6.61 Å². The van der Waals surface area contributed by atoms with Gasteiger partial charge in [-0.2, -0.15) is 0 Å². The Bertz CT molecular complexity index is 443. The van der Waals surface area contributed by atoms with Crippen LogP contribution in [0.25, 0.3) is 6.08 Å². The second-order valence-electron chi connectivity index (χ2n) is 4.38. The molecule has 0 unspecified atom stereocenters. The first-order chi connectivity index (χ1) is 8.22. The molecule has 3 nitrogen and oxygen atoms in total. The van der Waals surface area contributed by atoms with Gasteiger partial charge in [0, 0.05) is 11.4 Å². The molecule has 0 spiro atoms. The summed E-state index contributed by atoms with van der Waals surface area (Å²) in [5.74, 6) is -0.161. The first-order valence-corrected chi connectivity index (χ1v) is 6.23. The molecule has 0 aromatic carbocycles. The average molecular weight is 233 g/mol. The fraction of sp³-hybridized carbons (Fsp3) is 0.500. The van der Waals surface area contributed by atoms with Crippen LogP contribution in [-0.4, -0.2) is 17.1 Å². The van der Waals surface area contributed by atoms with Crippen LogP contribution in [0.4, 0.5) is 0 Å². The highest BCUT2D eigenvalue weighted by molar-refractivity contribution is 5.70. The quantitative estimate of drug-likeness (QED) is 0.752. The number of fused-ring (bicyclic) bond motifs is 1. The van der Waals surface area contributed by atoms with Crippen LogP contribution in [0.3, 0.4) is 0 Å². The van der Waals surface area contributed by atoms with Crippen molar-refractivity contribution >= 4 is 12.0 Å². The molecule has 1 aliphatic rings. The van der Waals surface area contributed by atoms with E-state index in [4.69, 9.17) is 4.74 Å². The molecule has 0 aliphatic heterocycles. The van der Waals surface area contributed by atoms with E-state index in [1.165, 1.54) is 17.7 Å². The lowest BCUT2D eigenvalue weighted by Gasteiger charge is -2.09. The van der Waals surface area contributed by atoms with E-state index in [0.29, 0.717) is 13.2 Å². The van der Waals surface area contributed by atoms with Crippen molar-refractivity contribution in [2.24, 2.45) is 0 Å². The van der Waals surface area contributed by atoms with Gasteiger partial charge in [0.2, 0.25) is 0 Å². The molecular formula is C14H19NO2. The molecule has 0 atom stereocenters. The number of rotatable bonds is 3. The van der Waals surface area contributed by atoms with E-state index >= 15 is 0 Å². The van der Waals surface area contributed by atoms with E-state index < -0.39 is 0 Å². The maximum Gasteiger partial charge on any atom is 0.325 e. The molecule has 0 radical (unpaired) electrons. The highest BCUT2D eigenvalue weighted by Crippen LogP contribution is 2.23. The van der Waals surface area contributed by atoms with Crippen LogP contribution in [0.15, 0.2) is 12.1 Å². The summed E-state index contributed by atoms with van der Waals surface area (Å²) in [6.07, 6.45) is 7.72. The van der Waals surface area contributed by atoms with Crippen LogP contribution < -0.4 is 0 Å². The van der Waals surface area contributed by atoms with E-state index in [0.717, 1.165) is 18.5 Å². The molecule has 0 amide bonds. The standard InChI is InChI=1S/C14H19NO2/c1-3-17-14(16)10-15-11(2)9-12-7-5-4-6-8-13(12)15/h6,8-9H,3-5,7,10H2,1-2H3. The summed E-state index contributed by atoms with van der Waals surface area (Å²) in [6.45, 7) is 4.64. The fourth-order valence-corrected chi connectivity index (χ4v) is 2.32. The molecule has 1 aliphatic carbocycles. The van der Waals surface area contributed by atoms with E-state index in [1.54, 1.807) is 0 Å². The van der Waals surface area contributed by atoms with Gasteiger partial charge < -0.3 is 9.30 Å². The smallest absolute Gasteiger partial charge is 0.325 e. The van der Waals surface area contributed by atoms with Crippen LogP contribution >= 0.6 is 0 Å². The maximum atomic E-state index is 11.6. The molecule has 0 bridgehead atoms. The first-order valence-electron chi connectivity index (χ1n) is 6.23. The average Bonchev–Trinajstić information content (AvgIpc) is 2.49. The number of hydrogen-bond acceptors (Lipinski definition) is 2. The highest BCUT2D eigenvalue weighted by atomic mass is 16.5. The van der Waals surface area contributed by atoms with E-state index in [9.17, 15) is 4.79 Å². The Kier molecular flexibility index (Phi) is 3.67. The number of aromatic nitrogens is 1. The molecule has 1 aromatic heterocycles. The first kappa shape index (κ1) is 12.0. The van der Waals surface area contributed by atoms with Crippen molar-refractivity contribution in [1.82, 2.24) is 4.57 Å². The zero-order valence-corrected chi connectivity index (χ0v) is 10.5.